The van der Waals surface area contributed by atoms with Crippen LogP contribution in [0.4, 0.5) is 0 Å². The summed E-state index contributed by atoms with van der Waals surface area (Å²) >= 11 is 0. The lowest BCUT2D eigenvalue weighted by atomic mass is 10.1. The summed E-state index contributed by atoms with van der Waals surface area (Å²) in [5.41, 5.74) is 0. The van der Waals surface area contributed by atoms with Crippen molar-refractivity contribution in [1.29, 1.82) is 0 Å². The molecule has 0 spiro atoms. The summed E-state index contributed by atoms with van der Waals surface area (Å²) in [4.78, 5) is 21.8. The number of rotatable bonds is 4. The molecule has 0 bridgehead atoms. The molecule has 2 atom stereocenters. The Balaban J connectivity index is 2.28. The van der Waals surface area contributed by atoms with Crippen molar-refractivity contribution in [2.45, 2.75) is 25.3 Å². The molecule has 14 heavy (non-hydrogen) atoms. The first-order valence-electron chi connectivity index (χ1n) is 4.80. The topological polar surface area (TPSA) is 78.4 Å². The number of likely N-dealkylation sites (N-methyl/N-ethyl adjacent to an activating group) is 1. The first kappa shape index (κ1) is 11.0. The summed E-state index contributed by atoms with van der Waals surface area (Å²) < 4.78 is 0. The van der Waals surface area contributed by atoms with Crippen molar-refractivity contribution in [3.05, 3.63) is 0 Å². The Bertz CT molecular complexity index is 230. The van der Waals surface area contributed by atoms with E-state index in [0.29, 0.717) is 12.8 Å². The molecule has 1 saturated carbocycles. The molecule has 3 N–H and O–H groups in total. The van der Waals surface area contributed by atoms with E-state index < -0.39 is 5.97 Å². The Morgan fingerprint density at radius 3 is 2.64 bits per heavy atom. The molecule has 0 radical (unpaired) electrons. The van der Waals surface area contributed by atoms with Crippen molar-refractivity contribution in [1.82, 2.24) is 10.6 Å². The van der Waals surface area contributed by atoms with E-state index in [1.807, 2.05) is 0 Å². The third kappa shape index (κ3) is 2.99. The van der Waals surface area contributed by atoms with E-state index in [4.69, 9.17) is 5.11 Å². The van der Waals surface area contributed by atoms with Crippen molar-refractivity contribution in [2.24, 2.45) is 5.92 Å². The van der Waals surface area contributed by atoms with Crippen molar-refractivity contribution in [2.75, 3.05) is 13.6 Å². The van der Waals surface area contributed by atoms with Gasteiger partial charge in [0.15, 0.2) is 0 Å². The van der Waals surface area contributed by atoms with Crippen LogP contribution >= 0.6 is 0 Å². The average molecular weight is 200 g/mol. The van der Waals surface area contributed by atoms with Crippen LogP contribution in [0.15, 0.2) is 0 Å². The number of carboxylic acid groups (broad SMARTS) is 1. The molecule has 1 aliphatic carbocycles. The number of aliphatic carboxylic acids is 1. The zero-order chi connectivity index (χ0) is 10.6. The summed E-state index contributed by atoms with van der Waals surface area (Å²) in [5, 5.41) is 14.3. The first-order valence-corrected chi connectivity index (χ1v) is 4.80. The van der Waals surface area contributed by atoms with Crippen LogP contribution in [0.2, 0.25) is 0 Å². The molecule has 1 aliphatic rings. The molecule has 0 unspecified atom stereocenters. The molecule has 1 fully saturated rings. The molecule has 1 rings (SSSR count). The molecule has 0 aliphatic heterocycles. The lowest BCUT2D eigenvalue weighted by Crippen LogP contribution is -2.38. The monoisotopic (exact) mass is 200 g/mol. The highest BCUT2D eigenvalue weighted by molar-refractivity contribution is 5.78. The number of carbonyl (C=O) groups excluding carboxylic acids is 1. The molecule has 1 amide bonds. The molecular weight excluding hydrogens is 184 g/mol. The highest BCUT2D eigenvalue weighted by Gasteiger charge is 2.30. The van der Waals surface area contributed by atoms with Gasteiger partial charge >= 0.3 is 5.97 Å². The highest BCUT2D eigenvalue weighted by Crippen LogP contribution is 2.25. The van der Waals surface area contributed by atoms with Gasteiger partial charge < -0.3 is 15.7 Å². The second-order valence-corrected chi connectivity index (χ2v) is 3.64. The summed E-state index contributed by atoms with van der Waals surface area (Å²) in [7, 11) is 1.70. The largest absolute Gasteiger partial charge is 0.481 e. The minimum Gasteiger partial charge on any atom is -0.481 e. The van der Waals surface area contributed by atoms with Gasteiger partial charge in [-0.25, -0.2) is 0 Å². The van der Waals surface area contributed by atoms with Gasteiger partial charge in [0.25, 0.3) is 0 Å². The Morgan fingerprint density at radius 1 is 1.43 bits per heavy atom. The van der Waals surface area contributed by atoms with Gasteiger partial charge in [0.2, 0.25) is 5.91 Å². The molecule has 0 aromatic carbocycles. The van der Waals surface area contributed by atoms with Gasteiger partial charge in [0.05, 0.1) is 12.5 Å². The normalized spacial score (nSPS) is 26.1. The summed E-state index contributed by atoms with van der Waals surface area (Å²) in [6.45, 7) is 0.286. The van der Waals surface area contributed by atoms with Crippen LogP contribution in [0.1, 0.15) is 19.3 Å². The predicted molar refractivity (Wildman–Crippen MR) is 50.8 cm³/mol. The van der Waals surface area contributed by atoms with E-state index in [9.17, 15) is 9.59 Å². The van der Waals surface area contributed by atoms with Crippen LogP contribution in [0, 0.1) is 5.92 Å². The van der Waals surface area contributed by atoms with Gasteiger partial charge in [0, 0.05) is 6.04 Å². The number of hydrogen-bond acceptors (Lipinski definition) is 3. The van der Waals surface area contributed by atoms with Gasteiger partial charge in [-0.15, -0.1) is 0 Å². The van der Waals surface area contributed by atoms with Crippen LogP contribution in [-0.4, -0.2) is 36.6 Å². The van der Waals surface area contributed by atoms with E-state index in [0.717, 1.165) is 6.42 Å². The average Bonchev–Trinajstić information content (AvgIpc) is 2.53. The highest BCUT2D eigenvalue weighted by atomic mass is 16.4. The third-order valence-electron chi connectivity index (χ3n) is 2.48. The third-order valence-corrected chi connectivity index (χ3v) is 2.48. The number of nitrogens with one attached hydrogen (secondary N) is 2. The Kier molecular flexibility index (Phi) is 3.88. The van der Waals surface area contributed by atoms with Crippen molar-refractivity contribution < 1.29 is 14.7 Å². The van der Waals surface area contributed by atoms with Crippen molar-refractivity contribution >= 4 is 11.9 Å². The SMILES string of the molecule is CNCC(=O)N[C@H]1CC[C@@H](C(=O)O)C1. The lowest BCUT2D eigenvalue weighted by Gasteiger charge is -2.11. The smallest absolute Gasteiger partial charge is 0.306 e. The second kappa shape index (κ2) is 4.95. The maximum Gasteiger partial charge on any atom is 0.306 e. The maximum atomic E-state index is 11.2. The molecule has 5 heteroatoms. The van der Waals surface area contributed by atoms with Gasteiger partial charge in [-0.2, -0.15) is 0 Å². The molecule has 0 aromatic rings. The van der Waals surface area contributed by atoms with Gasteiger partial charge in [-0.1, -0.05) is 0 Å². The van der Waals surface area contributed by atoms with E-state index in [2.05, 4.69) is 10.6 Å². The standard InChI is InChI=1S/C9H16N2O3/c1-10-5-8(12)11-7-3-2-6(4-7)9(13)14/h6-7,10H,2-5H2,1H3,(H,11,12)(H,13,14)/t6-,7+/m1/s1. The first-order chi connectivity index (χ1) is 6.63. The fourth-order valence-corrected chi connectivity index (χ4v) is 1.78. The van der Waals surface area contributed by atoms with Crippen LogP contribution in [-0.2, 0) is 9.59 Å². The lowest BCUT2D eigenvalue weighted by molar-refractivity contribution is -0.141. The van der Waals surface area contributed by atoms with Crippen LogP contribution in [0.25, 0.3) is 0 Å². The molecule has 80 valence electrons. The second-order valence-electron chi connectivity index (χ2n) is 3.64. The van der Waals surface area contributed by atoms with Gasteiger partial charge in [0.1, 0.15) is 0 Å². The molecule has 0 heterocycles. The van der Waals surface area contributed by atoms with Crippen LogP contribution in [0.5, 0.6) is 0 Å². The molecular formula is C9H16N2O3. The van der Waals surface area contributed by atoms with Crippen LogP contribution < -0.4 is 10.6 Å². The zero-order valence-electron chi connectivity index (χ0n) is 8.25. The predicted octanol–water partition coefficient (Wildman–Crippen LogP) is -0.425. The summed E-state index contributed by atoms with van der Waals surface area (Å²) in [6.07, 6.45) is 2.00. The van der Waals surface area contributed by atoms with Crippen molar-refractivity contribution in [3.63, 3.8) is 0 Å². The van der Waals surface area contributed by atoms with E-state index in [1.165, 1.54) is 0 Å². The van der Waals surface area contributed by atoms with E-state index in [1.54, 1.807) is 7.05 Å². The van der Waals surface area contributed by atoms with Crippen LogP contribution in [0.3, 0.4) is 0 Å². The summed E-state index contributed by atoms with van der Waals surface area (Å²) in [5.74, 6) is -1.10. The minimum atomic E-state index is -0.754. The molecule has 5 nitrogen and oxygen atoms in total. The minimum absolute atomic E-state index is 0.0388. The summed E-state index contributed by atoms with van der Waals surface area (Å²) in [6, 6.07) is 0.0388. The quantitative estimate of drug-likeness (QED) is 0.575. The van der Waals surface area contributed by atoms with Crippen molar-refractivity contribution in [3.8, 4) is 0 Å². The Morgan fingerprint density at radius 2 is 2.14 bits per heavy atom. The molecule has 0 saturated heterocycles. The van der Waals surface area contributed by atoms with Gasteiger partial charge in [-0.3, -0.25) is 9.59 Å². The zero-order valence-corrected chi connectivity index (χ0v) is 8.25. The van der Waals surface area contributed by atoms with E-state index >= 15 is 0 Å². The number of carbonyl (C=O) groups is 2. The Labute approximate surface area is 82.9 Å². The number of amides is 1. The van der Waals surface area contributed by atoms with Gasteiger partial charge in [-0.05, 0) is 26.3 Å². The van der Waals surface area contributed by atoms with E-state index in [-0.39, 0.29) is 24.4 Å². The number of carboxylic acids is 1. The fraction of sp³-hybridized carbons (Fsp3) is 0.778. The number of hydrogen-bond donors (Lipinski definition) is 3. The molecule has 0 aromatic heterocycles. The fourth-order valence-electron chi connectivity index (χ4n) is 1.78. The Hall–Kier alpha value is -1.10. The maximum absolute atomic E-state index is 11.2.